The van der Waals surface area contributed by atoms with Gasteiger partial charge in [0.15, 0.2) is 0 Å². The maximum Gasteiger partial charge on any atom is 0.234 e. The zero-order valence-corrected chi connectivity index (χ0v) is 10.2. The fourth-order valence-electron chi connectivity index (χ4n) is 1.97. The summed E-state index contributed by atoms with van der Waals surface area (Å²) in [7, 11) is 0. The lowest BCUT2D eigenvalue weighted by Gasteiger charge is -2.22. The van der Waals surface area contributed by atoms with Gasteiger partial charge in [-0.2, -0.15) is 0 Å². The summed E-state index contributed by atoms with van der Waals surface area (Å²) in [5.41, 5.74) is 8.22. The molecule has 0 atom stereocenters. The van der Waals surface area contributed by atoms with E-state index in [1.165, 1.54) is 0 Å². The molecule has 0 aromatic heterocycles. The van der Waals surface area contributed by atoms with Gasteiger partial charge in [0, 0.05) is 11.2 Å². The summed E-state index contributed by atoms with van der Waals surface area (Å²) in [6.07, 6.45) is 0. The normalized spacial score (nSPS) is 18.2. The van der Waals surface area contributed by atoms with E-state index in [1.54, 1.807) is 0 Å². The first-order chi connectivity index (χ1) is 7.23. The molecular formula is C13H18N2O. The van der Waals surface area contributed by atoms with Crippen LogP contribution in [0.4, 0.5) is 5.69 Å². The van der Waals surface area contributed by atoms with Crippen molar-refractivity contribution in [1.82, 2.24) is 0 Å². The van der Waals surface area contributed by atoms with Gasteiger partial charge in [-0.05, 0) is 44.9 Å². The lowest BCUT2D eigenvalue weighted by molar-refractivity contribution is -0.119. The molecule has 16 heavy (non-hydrogen) atoms. The van der Waals surface area contributed by atoms with E-state index in [-0.39, 0.29) is 11.4 Å². The number of hydrogen-bond donors (Lipinski definition) is 2. The summed E-state index contributed by atoms with van der Waals surface area (Å²) in [5.74, 6) is 0.0504. The number of rotatable bonds is 1. The third-order valence-corrected chi connectivity index (χ3v) is 3.25. The fraction of sp³-hybridized carbons (Fsp3) is 0.462. The minimum atomic E-state index is -0.462. The molecule has 2 rings (SSSR count). The molecule has 0 aliphatic carbocycles. The smallest absolute Gasteiger partial charge is 0.234 e. The van der Waals surface area contributed by atoms with E-state index in [0.717, 1.165) is 16.8 Å². The van der Waals surface area contributed by atoms with Gasteiger partial charge in [-0.3, -0.25) is 4.79 Å². The number of hydrogen-bond acceptors (Lipinski definition) is 2. The van der Waals surface area contributed by atoms with Crippen LogP contribution in [0.3, 0.4) is 0 Å². The van der Waals surface area contributed by atoms with E-state index in [4.69, 9.17) is 5.73 Å². The molecule has 0 saturated carbocycles. The van der Waals surface area contributed by atoms with E-state index in [2.05, 4.69) is 5.32 Å². The quantitative estimate of drug-likeness (QED) is 0.758. The number of anilines is 1. The molecule has 1 amide bonds. The molecule has 0 fully saturated rings. The second kappa shape index (κ2) is 3.08. The van der Waals surface area contributed by atoms with Gasteiger partial charge in [0.05, 0.1) is 5.41 Å². The van der Waals surface area contributed by atoms with Gasteiger partial charge in [-0.15, -0.1) is 0 Å². The molecule has 0 unspecified atom stereocenters. The first-order valence-electron chi connectivity index (χ1n) is 5.48. The summed E-state index contributed by atoms with van der Waals surface area (Å²) in [5, 5.41) is 2.89. The molecule has 1 heterocycles. The lowest BCUT2D eigenvalue weighted by atomic mass is 9.83. The second-order valence-corrected chi connectivity index (χ2v) is 5.56. The van der Waals surface area contributed by atoms with Crippen molar-refractivity contribution in [2.75, 3.05) is 5.32 Å². The van der Waals surface area contributed by atoms with Gasteiger partial charge < -0.3 is 11.1 Å². The monoisotopic (exact) mass is 218 g/mol. The Labute approximate surface area is 96.0 Å². The molecule has 1 aromatic rings. The summed E-state index contributed by atoms with van der Waals surface area (Å²) >= 11 is 0. The van der Waals surface area contributed by atoms with Crippen LogP contribution in [0.25, 0.3) is 0 Å². The molecule has 0 bridgehead atoms. The number of amides is 1. The zero-order valence-electron chi connectivity index (χ0n) is 10.2. The molecule has 1 aliphatic rings. The number of nitrogens with one attached hydrogen (secondary N) is 1. The number of carbonyl (C=O) groups is 1. The van der Waals surface area contributed by atoms with Crippen molar-refractivity contribution in [1.29, 1.82) is 0 Å². The van der Waals surface area contributed by atoms with E-state index < -0.39 is 5.41 Å². The SMILES string of the molecule is CC(C)(N)c1ccc2c(c1)C(C)(C)C(=O)N2. The van der Waals surface area contributed by atoms with Crippen LogP contribution in [0.5, 0.6) is 0 Å². The maximum absolute atomic E-state index is 11.8. The highest BCUT2D eigenvalue weighted by Crippen LogP contribution is 2.38. The van der Waals surface area contributed by atoms with Crippen LogP contribution < -0.4 is 11.1 Å². The Hall–Kier alpha value is -1.35. The maximum atomic E-state index is 11.8. The predicted octanol–water partition coefficient (Wildman–Crippen LogP) is 2.11. The van der Waals surface area contributed by atoms with E-state index in [0.29, 0.717) is 0 Å². The van der Waals surface area contributed by atoms with Crippen LogP contribution in [0.1, 0.15) is 38.8 Å². The molecule has 86 valence electrons. The number of fused-ring (bicyclic) bond motifs is 1. The second-order valence-electron chi connectivity index (χ2n) is 5.56. The highest BCUT2D eigenvalue weighted by molar-refractivity contribution is 6.05. The van der Waals surface area contributed by atoms with Gasteiger partial charge >= 0.3 is 0 Å². The molecule has 3 N–H and O–H groups in total. The zero-order chi connectivity index (χ0) is 12.1. The van der Waals surface area contributed by atoms with Crippen molar-refractivity contribution in [3.63, 3.8) is 0 Å². The Morgan fingerprint density at radius 3 is 2.50 bits per heavy atom. The summed E-state index contributed by atoms with van der Waals surface area (Å²) in [6, 6.07) is 5.94. The van der Waals surface area contributed by atoms with Crippen LogP contribution in [0, 0.1) is 0 Å². The topological polar surface area (TPSA) is 55.1 Å². The lowest BCUT2D eigenvalue weighted by Crippen LogP contribution is -2.30. The summed E-state index contributed by atoms with van der Waals surface area (Å²) < 4.78 is 0. The Morgan fingerprint density at radius 2 is 1.94 bits per heavy atom. The molecule has 0 saturated heterocycles. The standard InChI is InChI=1S/C13H18N2O/c1-12(2)9-7-8(13(3,4)14)5-6-10(9)15-11(12)16/h5-7H,14H2,1-4H3,(H,15,16). The van der Waals surface area contributed by atoms with Crippen molar-refractivity contribution in [3.05, 3.63) is 29.3 Å². The van der Waals surface area contributed by atoms with Crippen molar-refractivity contribution in [2.24, 2.45) is 5.73 Å². The van der Waals surface area contributed by atoms with E-state index in [9.17, 15) is 4.79 Å². The molecule has 0 radical (unpaired) electrons. The molecular weight excluding hydrogens is 200 g/mol. The van der Waals surface area contributed by atoms with E-state index >= 15 is 0 Å². The Morgan fingerprint density at radius 1 is 1.31 bits per heavy atom. The van der Waals surface area contributed by atoms with Crippen LogP contribution in [0.2, 0.25) is 0 Å². The van der Waals surface area contributed by atoms with Crippen molar-refractivity contribution >= 4 is 11.6 Å². The Balaban J connectivity index is 2.57. The largest absolute Gasteiger partial charge is 0.325 e. The van der Waals surface area contributed by atoms with E-state index in [1.807, 2.05) is 45.9 Å². The van der Waals surface area contributed by atoms with Crippen LogP contribution >= 0.6 is 0 Å². The van der Waals surface area contributed by atoms with Gasteiger partial charge in [0.2, 0.25) is 5.91 Å². The fourth-order valence-corrected chi connectivity index (χ4v) is 1.97. The minimum absolute atomic E-state index is 0.0504. The van der Waals surface area contributed by atoms with Gasteiger partial charge in [-0.25, -0.2) is 0 Å². The highest BCUT2D eigenvalue weighted by Gasteiger charge is 2.38. The molecule has 0 spiro atoms. The number of carbonyl (C=O) groups excluding carboxylic acids is 1. The number of nitrogens with two attached hydrogens (primary N) is 1. The van der Waals surface area contributed by atoms with Crippen LogP contribution in [-0.4, -0.2) is 5.91 Å². The van der Waals surface area contributed by atoms with Gasteiger partial charge in [0.25, 0.3) is 0 Å². The molecule has 1 aromatic carbocycles. The Bertz CT molecular complexity index is 455. The predicted molar refractivity (Wildman–Crippen MR) is 65.3 cm³/mol. The van der Waals surface area contributed by atoms with Crippen LogP contribution in [-0.2, 0) is 15.7 Å². The van der Waals surface area contributed by atoms with Crippen molar-refractivity contribution < 1.29 is 4.79 Å². The first-order valence-corrected chi connectivity index (χ1v) is 5.48. The van der Waals surface area contributed by atoms with Gasteiger partial charge in [0.1, 0.15) is 0 Å². The third kappa shape index (κ3) is 1.52. The van der Waals surface area contributed by atoms with Crippen molar-refractivity contribution in [3.8, 4) is 0 Å². The summed E-state index contributed by atoms with van der Waals surface area (Å²) in [4.78, 5) is 11.8. The molecule has 3 heteroatoms. The number of benzene rings is 1. The van der Waals surface area contributed by atoms with Crippen LogP contribution in [0.15, 0.2) is 18.2 Å². The molecule has 3 nitrogen and oxygen atoms in total. The minimum Gasteiger partial charge on any atom is -0.325 e. The molecule has 1 aliphatic heterocycles. The van der Waals surface area contributed by atoms with Gasteiger partial charge in [-0.1, -0.05) is 12.1 Å². The average Bonchev–Trinajstić information content (AvgIpc) is 2.37. The third-order valence-electron chi connectivity index (χ3n) is 3.25. The Kier molecular flexibility index (Phi) is 2.14. The first kappa shape index (κ1) is 11.1. The van der Waals surface area contributed by atoms with Crippen molar-refractivity contribution in [2.45, 2.75) is 38.6 Å². The summed E-state index contributed by atoms with van der Waals surface area (Å²) in [6.45, 7) is 7.79. The average molecular weight is 218 g/mol. The highest BCUT2D eigenvalue weighted by atomic mass is 16.2.